The zero-order valence-electron chi connectivity index (χ0n) is 63.8. The molecule has 592 valence electrons. The summed E-state index contributed by atoms with van der Waals surface area (Å²) in [5.74, 6) is -3.14. The predicted octanol–water partition coefficient (Wildman–Crippen LogP) is 2.87. The van der Waals surface area contributed by atoms with Crippen LogP contribution in [0.15, 0.2) is 54.6 Å². The van der Waals surface area contributed by atoms with E-state index in [4.69, 9.17) is 31.6 Å². The Morgan fingerprint density at radius 3 is 1.96 bits per heavy atom. The molecule has 0 saturated carbocycles. The smallest absolute Gasteiger partial charge is 0.410 e. The number of ether oxygens (including phenoxy) is 3. The van der Waals surface area contributed by atoms with E-state index in [1.807, 2.05) is 32.0 Å². The monoisotopic (exact) mass is 1510 g/mol. The van der Waals surface area contributed by atoms with Gasteiger partial charge in [-0.2, -0.15) is 0 Å². The van der Waals surface area contributed by atoms with E-state index in [2.05, 4.69) is 42.1 Å². The van der Waals surface area contributed by atoms with E-state index in [1.54, 1.807) is 104 Å². The lowest BCUT2D eigenvalue weighted by Crippen LogP contribution is -2.60. The first kappa shape index (κ1) is 89.9. The van der Waals surface area contributed by atoms with Crippen molar-refractivity contribution in [2.24, 2.45) is 47.0 Å². The number of likely N-dealkylation sites (tertiary alicyclic amines) is 2. The van der Waals surface area contributed by atoms with Crippen LogP contribution in [0, 0.1) is 29.6 Å². The maximum atomic E-state index is 14.9. The molecule has 0 spiro atoms. The minimum absolute atomic E-state index is 0.00176. The average Bonchev–Trinajstić information content (AvgIpc) is 1.41. The predicted molar refractivity (Wildman–Crippen MR) is 396 cm³/mol. The highest BCUT2D eigenvalue weighted by atomic mass is 32.2. The quantitative estimate of drug-likeness (QED) is 0.0258. The van der Waals surface area contributed by atoms with Crippen LogP contribution in [0.2, 0.25) is 0 Å². The fourth-order valence-corrected chi connectivity index (χ4v) is 14.4. The first-order chi connectivity index (χ1) is 50.1. The number of aliphatic hydroxyl groups excluding tert-OH is 1. The van der Waals surface area contributed by atoms with Crippen molar-refractivity contribution in [1.82, 2.24) is 51.5 Å². The number of nitrogens with zero attached hydrogens (tertiary/aromatic N) is 4. The van der Waals surface area contributed by atoms with E-state index < -0.39 is 167 Å². The third-order valence-electron chi connectivity index (χ3n) is 19.4. The van der Waals surface area contributed by atoms with Gasteiger partial charge in [-0.15, -0.1) is 11.8 Å². The number of amides is 14. The number of hydrogen-bond acceptors (Lipinski definition) is 20. The molecule has 14 amide bonds. The SMILES string of the molecule is CC[C@H](C)[C@@H]([C@@H](CC(=O)N1CCCC1[C@H](OC)[C@@H](C)C(=O)N[C@H](C)[C@@H](O)c1ccccc1)OC)N(C)C(=O)[C@H](NC(=O)[C@H](C(C)C)N(C)C(=O)OCc1ccc(NC(=O)[C@H](CCCNC(N)=O)NC(=O)[C@@H](NC(=O)CCCCCN2C(=O)CC(SCC(NC(=O)CON)C(N)=O)C2=O)C(C)C)cc1)C(C)C. The highest BCUT2D eigenvalue weighted by Gasteiger charge is 2.45. The Morgan fingerprint density at radius 2 is 1.38 bits per heavy atom. The van der Waals surface area contributed by atoms with Crippen molar-refractivity contribution >= 4 is 94.6 Å². The number of nitrogens with one attached hydrogen (secondary N) is 7. The number of urea groups is 1. The number of anilines is 1. The molecule has 14 N–H and O–H groups in total. The molecule has 32 nitrogen and oxygen atoms in total. The largest absolute Gasteiger partial charge is 0.445 e. The molecule has 2 aliphatic heterocycles. The second-order valence-electron chi connectivity index (χ2n) is 28.4. The molecule has 2 heterocycles. The molecule has 3 unspecified atom stereocenters. The van der Waals surface area contributed by atoms with E-state index in [9.17, 15) is 67.4 Å². The van der Waals surface area contributed by atoms with Gasteiger partial charge in [0.05, 0.1) is 54.0 Å². The van der Waals surface area contributed by atoms with Gasteiger partial charge in [-0.25, -0.2) is 15.5 Å². The third-order valence-corrected chi connectivity index (χ3v) is 20.7. The summed E-state index contributed by atoms with van der Waals surface area (Å²) in [6.45, 7) is 17.7. The molecule has 4 rings (SSSR count). The Kier molecular flexibility index (Phi) is 37.8. The summed E-state index contributed by atoms with van der Waals surface area (Å²) in [6.07, 6.45) is -0.204. The summed E-state index contributed by atoms with van der Waals surface area (Å²) in [5, 5.41) is 29.2. The van der Waals surface area contributed by atoms with Gasteiger partial charge in [0, 0.05) is 72.2 Å². The lowest BCUT2D eigenvalue weighted by atomic mass is 9.89. The summed E-state index contributed by atoms with van der Waals surface area (Å²) in [5.41, 5.74) is 12.1. The number of thioether (sulfide) groups is 1. The van der Waals surface area contributed by atoms with Crippen molar-refractivity contribution < 1.29 is 86.5 Å². The van der Waals surface area contributed by atoms with Crippen LogP contribution in [0.3, 0.4) is 0 Å². The minimum atomic E-state index is -1.16. The highest BCUT2D eigenvalue weighted by molar-refractivity contribution is 8.00. The van der Waals surface area contributed by atoms with Crippen molar-refractivity contribution in [2.45, 2.75) is 218 Å². The van der Waals surface area contributed by atoms with Crippen molar-refractivity contribution in [3.05, 3.63) is 65.7 Å². The maximum absolute atomic E-state index is 14.9. The minimum Gasteiger partial charge on any atom is -0.445 e. The number of carbonyl (C=O) groups excluding carboxylic acids is 13. The number of unbranched alkanes of at least 4 members (excludes halogenated alkanes) is 2. The van der Waals surface area contributed by atoms with Crippen LogP contribution in [0.4, 0.5) is 15.3 Å². The zero-order chi connectivity index (χ0) is 79.2. The molecule has 2 saturated heterocycles. The van der Waals surface area contributed by atoms with Crippen molar-refractivity contribution in [3.8, 4) is 0 Å². The first-order valence-electron chi connectivity index (χ1n) is 36.4. The van der Waals surface area contributed by atoms with E-state index in [1.165, 1.54) is 26.2 Å². The van der Waals surface area contributed by atoms with Gasteiger partial charge in [-0.05, 0) is 92.4 Å². The number of nitrogens with two attached hydrogens (primary N) is 3. The summed E-state index contributed by atoms with van der Waals surface area (Å²) >= 11 is 1.01. The maximum Gasteiger partial charge on any atom is 0.410 e. The van der Waals surface area contributed by atoms with Gasteiger partial charge in [0.25, 0.3) is 0 Å². The number of carbonyl (C=O) groups is 13. The van der Waals surface area contributed by atoms with Gasteiger partial charge in [0.15, 0.2) is 0 Å². The highest BCUT2D eigenvalue weighted by Crippen LogP contribution is 2.31. The first-order valence-corrected chi connectivity index (χ1v) is 37.4. The lowest BCUT2D eigenvalue weighted by Gasteiger charge is -2.41. The van der Waals surface area contributed by atoms with Crippen LogP contribution in [0.1, 0.15) is 157 Å². The van der Waals surface area contributed by atoms with E-state index in [-0.39, 0.29) is 75.3 Å². The van der Waals surface area contributed by atoms with Gasteiger partial charge >= 0.3 is 12.1 Å². The molecule has 14 atom stereocenters. The number of primary amides is 2. The zero-order valence-corrected chi connectivity index (χ0v) is 64.7. The summed E-state index contributed by atoms with van der Waals surface area (Å²) in [6, 6.07) is 7.29. The molecule has 2 aliphatic rings. The Bertz CT molecular complexity index is 3260. The second-order valence-corrected chi connectivity index (χ2v) is 29.6. The number of methoxy groups -OCH3 is 2. The summed E-state index contributed by atoms with van der Waals surface area (Å²) in [4.78, 5) is 183. The van der Waals surface area contributed by atoms with Gasteiger partial charge in [-0.3, -0.25) is 67.4 Å². The van der Waals surface area contributed by atoms with Crippen molar-refractivity contribution in [3.63, 3.8) is 0 Å². The Labute approximate surface area is 626 Å². The molecule has 0 aromatic heterocycles. The molecule has 0 radical (unpaired) electrons. The van der Waals surface area contributed by atoms with Gasteiger partial charge in [0.2, 0.25) is 65.0 Å². The molecule has 33 heteroatoms. The van der Waals surface area contributed by atoms with Crippen LogP contribution in [0.25, 0.3) is 0 Å². The fourth-order valence-electron chi connectivity index (χ4n) is 13.1. The average molecular weight is 1510 g/mol. The molecule has 0 aliphatic carbocycles. The molecular weight excluding hydrogens is 1390 g/mol. The van der Waals surface area contributed by atoms with Crippen molar-refractivity contribution in [2.75, 3.05) is 65.6 Å². The van der Waals surface area contributed by atoms with Crippen molar-refractivity contribution in [1.29, 1.82) is 0 Å². The number of rotatable bonds is 45. The Balaban J connectivity index is 1.34. The van der Waals surface area contributed by atoms with Crippen LogP contribution < -0.4 is 54.6 Å². The normalized spacial score (nSPS) is 17.8. The number of hydrogen-bond donors (Lipinski definition) is 11. The van der Waals surface area contributed by atoms with Crippen LogP contribution in [-0.2, 0) is 78.4 Å². The Hall–Kier alpha value is -8.50. The number of likely N-dealkylation sites (N-methyl/N-ethyl adjacent to an activating group) is 2. The summed E-state index contributed by atoms with van der Waals surface area (Å²) < 4.78 is 17.8. The number of imide groups is 1. The number of aliphatic hydroxyl groups is 1. The molecule has 2 aromatic carbocycles. The number of benzene rings is 2. The molecule has 2 fully saturated rings. The molecule has 106 heavy (non-hydrogen) atoms. The molecular formula is C73H116N14O18S. The fraction of sp³-hybridized carbons (Fsp3) is 0.658. The van der Waals surface area contributed by atoms with Crippen LogP contribution in [0.5, 0.6) is 0 Å². The van der Waals surface area contributed by atoms with E-state index >= 15 is 0 Å². The van der Waals surface area contributed by atoms with E-state index in [0.717, 1.165) is 21.6 Å². The second kappa shape index (κ2) is 44.6. The van der Waals surface area contributed by atoms with Crippen LogP contribution in [-0.4, -0.2) is 228 Å². The topological polar surface area (TPSA) is 454 Å². The van der Waals surface area contributed by atoms with Gasteiger partial charge in [-0.1, -0.05) is 118 Å². The Morgan fingerprint density at radius 1 is 0.717 bits per heavy atom. The molecule has 2 aromatic rings. The van der Waals surface area contributed by atoms with Gasteiger partial charge in [0.1, 0.15) is 43.4 Å². The summed E-state index contributed by atoms with van der Waals surface area (Å²) in [7, 11) is 6.04. The van der Waals surface area contributed by atoms with Crippen LogP contribution >= 0.6 is 11.8 Å². The third kappa shape index (κ3) is 27.1. The standard InChI is InChI=1S/C73H116N14O18S/c1-15-44(8)62(53(102-13)36-57(90)86-35-23-27-52(86)64(103-14)45(9)66(94)78-46(10)63(92)48-24-18-16-19-25-48)84(11)71(99)60(42(4)5)83-69(97)61(43(6)7)85(12)73(101)104-38-47-29-31-49(32-30-47)79-67(95)50(26-22-33-77-72(75)100)81-68(96)59(41(2)3)82-55(88)28-20-17-21-34-87-58(91)37-54(70(87)98)106-40-51(65(74)93)80-56(89)39-105-76/h16,18-19,24-25,29-32,41-46,50-54,59-64,92H,15,17,20-23,26-28,33-40,76H2,1-14H3,(H2,74,93)(H,78,94)(H,79,95)(H,80,89)(H,81,96)(H,82,88)(H,83,97)(H3,75,77,100)/t44-,45+,46+,50-,51?,52?,53+,54?,59-,60+,61-,62-,63+,64+/m0/s1. The molecule has 0 bridgehead atoms. The van der Waals surface area contributed by atoms with E-state index in [0.29, 0.717) is 61.9 Å². The van der Waals surface area contributed by atoms with Gasteiger partial charge < -0.3 is 77.8 Å². The lowest BCUT2D eigenvalue weighted by molar-refractivity contribution is -0.148.